The van der Waals surface area contributed by atoms with Gasteiger partial charge in [-0.15, -0.1) is 0 Å². The van der Waals surface area contributed by atoms with E-state index >= 15 is 0 Å². The first-order valence-corrected chi connectivity index (χ1v) is 5.55. The van der Waals surface area contributed by atoms with E-state index < -0.39 is 5.97 Å². The largest absolute Gasteiger partial charge is 0.478 e. The minimum Gasteiger partial charge on any atom is -0.478 e. The smallest absolute Gasteiger partial charge is 0.331 e. The Kier molecular flexibility index (Phi) is 7.17. The molecule has 0 aromatic heterocycles. The number of rotatable bonds is 7. The predicted molar refractivity (Wildman–Crippen MR) is 59.4 cm³/mol. The first kappa shape index (κ1) is 13.2. The SMILES string of the molecule is CCCCCCC(C(=O)O)=C(C)CC. The maximum absolute atomic E-state index is 10.9. The summed E-state index contributed by atoms with van der Waals surface area (Å²) in [6.45, 7) is 6.08. The van der Waals surface area contributed by atoms with Gasteiger partial charge >= 0.3 is 5.97 Å². The summed E-state index contributed by atoms with van der Waals surface area (Å²) in [5.74, 6) is -0.735. The molecule has 82 valence electrons. The molecule has 0 aliphatic heterocycles. The molecule has 0 aliphatic rings. The first-order valence-electron chi connectivity index (χ1n) is 5.55. The van der Waals surface area contributed by atoms with E-state index in [1.807, 2.05) is 13.8 Å². The van der Waals surface area contributed by atoms with Gasteiger partial charge in [-0.2, -0.15) is 0 Å². The number of carboxylic acid groups (broad SMARTS) is 1. The van der Waals surface area contributed by atoms with Gasteiger partial charge in [-0.3, -0.25) is 0 Å². The lowest BCUT2D eigenvalue weighted by atomic mass is 10.0. The summed E-state index contributed by atoms with van der Waals surface area (Å²) >= 11 is 0. The van der Waals surface area contributed by atoms with Crippen molar-refractivity contribution in [2.24, 2.45) is 0 Å². The van der Waals surface area contributed by atoms with Crippen molar-refractivity contribution in [1.29, 1.82) is 0 Å². The summed E-state index contributed by atoms with van der Waals surface area (Å²) in [5.41, 5.74) is 1.65. The Morgan fingerprint density at radius 1 is 1.14 bits per heavy atom. The average Bonchev–Trinajstić information content (AvgIpc) is 2.16. The molecule has 0 bridgehead atoms. The van der Waals surface area contributed by atoms with Crippen LogP contribution in [0.3, 0.4) is 0 Å². The fraction of sp³-hybridized carbons (Fsp3) is 0.750. The molecule has 0 aromatic rings. The van der Waals surface area contributed by atoms with E-state index in [1.54, 1.807) is 0 Å². The molecule has 0 aliphatic carbocycles. The third-order valence-corrected chi connectivity index (χ3v) is 2.58. The van der Waals surface area contributed by atoms with E-state index in [0.29, 0.717) is 5.57 Å². The standard InChI is InChI=1S/C12H22O2/c1-4-6-7-8-9-11(12(13)14)10(3)5-2/h4-9H2,1-3H3,(H,13,14). The monoisotopic (exact) mass is 198 g/mol. The maximum Gasteiger partial charge on any atom is 0.331 e. The molecule has 0 fully saturated rings. The molecular weight excluding hydrogens is 176 g/mol. The highest BCUT2D eigenvalue weighted by Crippen LogP contribution is 2.16. The molecule has 0 saturated heterocycles. The van der Waals surface area contributed by atoms with Gasteiger partial charge in [0.25, 0.3) is 0 Å². The van der Waals surface area contributed by atoms with Gasteiger partial charge in [0.05, 0.1) is 0 Å². The van der Waals surface area contributed by atoms with Crippen LogP contribution in [0.25, 0.3) is 0 Å². The Labute approximate surface area is 87.0 Å². The van der Waals surface area contributed by atoms with Gasteiger partial charge < -0.3 is 5.11 Å². The normalized spacial score (nSPS) is 12.5. The lowest BCUT2D eigenvalue weighted by Gasteiger charge is -2.06. The van der Waals surface area contributed by atoms with Gasteiger partial charge in [0.1, 0.15) is 0 Å². The van der Waals surface area contributed by atoms with Crippen LogP contribution in [0.15, 0.2) is 11.1 Å². The summed E-state index contributed by atoms with van der Waals surface area (Å²) in [7, 11) is 0. The van der Waals surface area contributed by atoms with E-state index in [-0.39, 0.29) is 0 Å². The Morgan fingerprint density at radius 3 is 2.21 bits per heavy atom. The summed E-state index contributed by atoms with van der Waals surface area (Å²) < 4.78 is 0. The Morgan fingerprint density at radius 2 is 1.79 bits per heavy atom. The van der Waals surface area contributed by atoms with Crippen LogP contribution in [0, 0.1) is 0 Å². The molecule has 0 radical (unpaired) electrons. The first-order chi connectivity index (χ1) is 6.63. The van der Waals surface area contributed by atoms with Crippen LogP contribution in [0.5, 0.6) is 0 Å². The molecule has 0 unspecified atom stereocenters. The van der Waals surface area contributed by atoms with E-state index in [2.05, 4.69) is 6.92 Å². The quantitative estimate of drug-likeness (QED) is 0.499. The summed E-state index contributed by atoms with van der Waals surface area (Å²) in [4.78, 5) is 10.9. The van der Waals surface area contributed by atoms with Crippen molar-refractivity contribution < 1.29 is 9.90 Å². The molecule has 0 atom stereocenters. The number of hydrogen-bond donors (Lipinski definition) is 1. The summed E-state index contributed by atoms with van der Waals surface area (Å²) in [6, 6.07) is 0. The van der Waals surface area contributed by atoms with Gasteiger partial charge in [0.15, 0.2) is 0 Å². The van der Waals surface area contributed by atoms with Crippen LogP contribution >= 0.6 is 0 Å². The zero-order valence-corrected chi connectivity index (χ0v) is 9.60. The fourth-order valence-corrected chi connectivity index (χ4v) is 1.44. The van der Waals surface area contributed by atoms with Crippen molar-refractivity contribution >= 4 is 5.97 Å². The van der Waals surface area contributed by atoms with Crippen LogP contribution in [-0.4, -0.2) is 11.1 Å². The zero-order valence-electron chi connectivity index (χ0n) is 9.60. The summed E-state index contributed by atoms with van der Waals surface area (Å²) in [5, 5.41) is 8.97. The van der Waals surface area contributed by atoms with Gasteiger partial charge in [-0.25, -0.2) is 4.79 Å². The van der Waals surface area contributed by atoms with Crippen LogP contribution in [0.4, 0.5) is 0 Å². The fourth-order valence-electron chi connectivity index (χ4n) is 1.44. The number of aliphatic carboxylic acids is 1. The topological polar surface area (TPSA) is 37.3 Å². The number of carbonyl (C=O) groups is 1. The highest BCUT2D eigenvalue weighted by molar-refractivity contribution is 5.87. The molecule has 2 heteroatoms. The molecule has 14 heavy (non-hydrogen) atoms. The highest BCUT2D eigenvalue weighted by Gasteiger charge is 2.09. The van der Waals surface area contributed by atoms with Crippen molar-refractivity contribution in [3.63, 3.8) is 0 Å². The van der Waals surface area contributed by atoms with Crippen LogP contribution < -0.4 is 0 Å². The molecule has 0 spiro atoms. The van der Waals surface area contributed by atoms with Crippen LogP contribution in [-0.2, 0) is 4.79 Å². The molecule has 0 saturated carbocycles. The lowest BCUT2D eigenvalue weighted by molar-refractivity contribution is -0.132. The second-order valence-corrected chi connectivity index (χ2v) is 3.73. The van der Waals surface area contributed by atoms with Gasteiger partial charge in [0.2, 0.25) is 0 Å². The van der Waals surface area contributed by atoms with Gasteiger partial charge in [0, 0.05) is 5.57 Å². The second-order valence-electron chi connectivity index (χ2n) is 3.73. The van der Waals surface area contributed by atoms with E-state index in [9.17, 15) is 4.79 Å². The molecule has 0 rings (SSSR count). The summed E-state index contributed by atoms with van der Waals surface area (Å²) in [6.07, 6.45) is 6.12. The highest BCUT2D eigenvalue weighted by atomic mass is 16.4. The van der Waals surface area contributed by atoms with E-state index in [0.717, 1.165) is 31.3 Å². The van der Waals surface area contributed by atoms with Gasteiger partial charge in [-0.05, 0) is 26.2 Å². The van der Waals surface area contributed by atoms with Gasteiger partial charge in [-0.1, -0.05) is 38.7 Å². The minimum absolute atomic E-state index is 0.628. The third kappa shape index (κ3) is 5.05. The number of hydrogen-bond acceptors (Lipinski definition) is 1. The average molecular weight is 198 g/mol. The molecule has 0 aromatic carbocycles. The molecular formula is C12H22O2. The minimum atomic E-state index is -0.735. The molecule has 0 amide bonds. The number of unbranched alkanes of at least 4 members (excludes halogenated alkanes) is 3. The predicted octanol–water partition coefficient (Wildman–Crippen LogP) is 3.77. The number of allylic oxidation sites excluding steroid dienone is 1. The van der Waals surface area contributed by atoms with E-state index in [4.69, 9.17) is 5.11 Å². The van der Waals surface area contributed by atoms with Crippen molar-refractivity contribution in [3.8, 4) is 0 Å². The Balaban J connectivity index is 4.06. The Bertz CT molecular complexity index is 204. The van der Waals surface area contributed by atoms with Crippen molar-refractivity contribution in [2.75, 3.05) is 0 Å². The maximum atomic E-state index is 10.9. The van der Waals surface area contributed by atoms with Crippen LogP contribution in [0.1, 0.15) is 59.3 Å². The lowest BCUT2D eigenvalue weighted by Crippen LogP contribution is -2.03. The molecule has 2 nitrogen and oxygen atoms in total. The second kappa shape index (κ2) is 7.60. The zero-order chi connectivity index (χ0) is 11.0. The van der Waals surface area contributed by atoms with Crippen molar-refractivity contribution in [2.45, 2.75) is 59.3 Å². The number of carboxylic acids is 1. The Hall–Kier alpha value is -0.790. The van der Waals surface area contributed by atoms with Crippen LogP contribution in [0.2, 0.25) is 0 Å². The van der Waals surface area contributed by atoms with E-state index in [1.165, 1.54) is 12.8 Å². The molecule has 1 N–H and O–H groups in total. The third-order valence-electron chi connectivity index (χ3n) is 2.58. The molecule has 0 heterocycles. The van der Waals surface area contributed by atoms with Crippen molar-refractivity contribution in [3.05, 3.63) is 11.1 Å². The van der Waals surface area contributed by atoms with Crippen molar-refractivity contribution in [1.82, 2.24) is 0 Å².